The molecule has 0 aromatic heterocycles. The lowest BCUT2D eigenvalue weighted by Gasteiger charge is -2.15. The Labute approximate surface area is 405 Å². The van der Waals surface area contributed by atoms with Crippen LogP contribution in [-0.4, -0.2) is 0 Å². The van der Waals surface area contributed by atoms with Crippen molar-refractivity contribution in [2.45, 2.75) is 106 Å². The highest BCUT2D eigenvalue weighted by atomic mass is 32.2. The molecule has 0 saturated carbocycles. The van der Waals surface area contributed by atoms with Crippen LogP contribution < -0.4 is 0 Å². The summed E-state index contributed by atoms with van der Waals surface area (Å²) in [6.45, 7) is 0. The molecule has 0 spiro atoms. The first kappa shape index (κ1) is 61.5. The Kier molecular flexibility index (Phi) is 23.4. The van der Waals surface area contributed by atoms with Gasteiger partial charge >= 0.3 is 0 Å². The van der Waals surface area contributed by atoms with Gasteiger partial charge in [0, 0.05) is 17.3 Å². The first-order chi connectivity index (χ1) is 26.2. The largest absolute Gasteiger partial charge is 0.175 e. The van der Waals surface area contributed by atoms with Crippen LogP contribution in [0.1, 0.15) is 106 Å². The SMILES string of the molecule is C.C.C.C.C.C.C.C.C.C.C.C.SCc1ccc2ccc3cccc4ccc1c2c34.c1cc2ccc3ccc(CSCc4ccc5ccc6cccc7ccc4c5c67)c4ccc(c1)c2c34. The molecule has 0 unspecified atom stereocenters. The third kappa shape index (κ3) is 9.86. The highest BCUT2D eigenvalue weighted by Crippen LogP contribution is 2.40. The predicted molar refractivity (Wildman–Crippen MR) is 319 cm³/mol. The van der Waals surface area contributed by atoms with Gasteiger partial charge in [0.05, 0.1) is 0 Å². The molecule has 346 valence electrons. The minimum atomic E-state index is 0. The Morgan fingerprint density at radius 2 is 0.462 bits per heavy atom. The standard InChI is InChI=1S/C34H22S.C17H12S.12CH4/c1-3-21-7-9-25-11-13-27(29-17-15-23(5-1)31(21)33(25)29)19-35-20-28-14-12-26-10-8-22-4-2-6-24-16-18-30(28)34(26)32(22)24;18-10-14-7-6-13-5-4-11-2-1-3-12-8-9-15(14)17(13)16(11)12;;;;;;;;;;;;/h1-18H,19-20H2;1-9,18H,10H2;12*1H4. The van der Waals surface area contributed by atoms with E-state index in [1.807, 2.05) is 11.8 Å². The molecule has 12 aromatic rings. The Morgan fingerprint density at radius 1 is 0.246 bits per heavy atom. The maximum absolute atomic E-state index is 4.44. The molecule has 0 atom stereocenters. The number of hydrogen-bond acceptors (Lipinski definition) is 2. The summed E-state index contributed by atoms with van der Waals surface area (Å²) in [6.07, 6.45) is 0. The number of hydrogen-bond donors (Lipinski definition) is 1. The van der Waals surface area contributed by atoms with E-state index in [0.29, 0.717) is 0 Å². The summed E-state index contributed by atoms with van der Waals surface area (Å²) in [6, 6.07) is 60.6. The fraction of sp³-hybridized carbons (Fsp3) is 0.238. The summed E-state index contributed by atoms with van der Waals surface area (Å²) < 4.78 is 0. The molecule has 0 heterocycles. The van der Waals surface area contributed by atoms with E-state index in [-0.39, 0.29) is 89.1 Å². The van der Waals surface area contributed by atoms with Crippen LogP contribution in [0.5, 0.6) is 0 Å². The fourth-order valence-electron chi connectivity index (χ4n) is 9.05. The summed E-state index contributed by atoms with van der Waals surface area (Å²) >= 11 is 6.46. The molecular weight excluding hydrogens is 821 g/mol. The average molecular weight is 903 g/mol. The van der Waals surface area contributed by atoms with E-state index < -0.39 is 0 Å². The van der Waals surface area contributed by atoms with E-state index in [9.17, 15) is 0 Å². The second kappa shape index (κ2) is 24.7. The normalized spacial score (nSPS) is 9.92. The molecule has 0 fully saturated rings. The summed E-state index contributed by atoms with van der Waals surface area (Å²) in [5.41, 5.74) is 4.17. The van der Waals surface area contributed by atoms with Crippen molar-refractivity contribution in [3.8, 4) is 0 Å². The van der Waals surface area contributed by atoms with Crippen LogP contribution >= 0.6 is 24.4 Å². The molecule has 0 aliphatic rings. The van der Waals surface area contributed by atoms with Gasteiger partial charge in [-0.05, 0) is 114 Å². The molecule has 0 radical (unpaired) electrons. The van der Waals surface area contributed by atoms with Crippen molar-refractivity contribution in [2.24, 2.45) is 0 Å². The van der Waals surface area contributed by atoms with Gasteiger partial charge in [0.25, 0.3) is 0 Å². The van der Waals surface area contributed by atoms with Crippen molar-refractivity contribution < 1.29 is 0 Å². The molecule has 0 amide bonds. The van der Waals surface area contributed by atoms with Crippen molar-refractivity contribution in [1.82, 2.24) is 0 Å². The highest BCUT2D eigenvalue weighted by molar-refractivity contribution is 7.97. The van der Waals surface area contributed by atoms with Crippen molar-refractivity contribution in [3.63, 3.8) is 0 Å². The number of benzene rings is 12. The van der Waals surface area contributed by atoms with Crippen LogP contribution in [0, 0.1) is 0 Å². The predicted octanol–water partition coefficient (Wildman–Crippen LogP) is 22.6. The fourth-order valence-corrected chi connectivity index (χ4v) is 10.4. The second-order valence-corrected chi connectivity index (χ2v) is 15.7. The maximum Gasteiger partial charge on any atom is 0.0194 e. The molecular formula is C63H82S2. The van der Waals surface area contributed by atoms with Gasteiger partial charge in [0.1, 0.15) is 0 Å². The zero-order valence-corrected chi connectivity index (χ0v) is 30.8. The van der Waals surface area contributed by atoms with Gasteiger partial charge in [-0.3, -0.25) is 0 Å². The van der Waals surface area contributed by atoms with Crippen LogP contribution in [0.25, 0.3) is 97.0 Å². The van der Waals surface area contributed by atoms with E-state index in [1.165, 1.54) is 114 Å². The van der Waals surface area contributed by atoms with Crippen molar-refractivity contribution in [3.05, 3.63) is 180 Å². The molecule has 0 saturated heterocycles. The zero-order chi connectivity index (χ0) is 35.0. The second-order valence-electron chi connectivity index (χ2n) is 14.4. The Morgan fingerprint density at radius 3 is 0.738 bits per heavy atom. The van der Waals surface area contributed by atoms with E-state index in [1.54, 1.807) is 0 Å². The third-order valence-electron chi connectivity index (χ3n) is 11.5. The molecule has 0 N–H and O–H groups in total. The maximum atomic E-state index is 4.44. The van der Waals surface area contributed by atoms with Gasteiger partial charge in [0.2, 0.25) is 0 Å². The van der Waals surface area contributed by atoms with Crippen LogP contribution in [0.15, 0.2) is 164 Å². The quantitative estimate of drug-likeness (QED) is 0.133. The van der Waals surface area contributed by atoms with E-state index in [4.69, 9.17) is 0 Å². The minimum absolute atomic E-state index is 0. The Bertz CT molecular complexity index is 3110. The Hall–Kier alpha value is -5.54. The summed E-state index contributed by atoms with van der Waals surface area (Å²) in [7, 11) is 0. The van der Waals surface area contributed by atoms with Crippen molar-refractivity contribution in [2.75, 3.05) is 0 Å². The average Bonchev–Trinajstić information content (AvgIpc) is 3.22. The zero-order valence-electron chi connectivity index (χ0n) is 29.1. The van der Waals surface area contributed by atoms with Gasteiger partial charge in [-0.25, -0.2) is 0 Å². The lowest BCUT2D eigenvalue weighted by Crippen LogP contribution is -1.91. The van der Waals surface area contributed by atoms with E-state index in [0.717, 1.165) is 17.3 Å². The Balaban J connectivity index is 0. The monoisotopic (exact) mass is 903 g/mol. The van der Waals surface area contributed by atoms with Crippen LogP contribution in [0.2, 0.25) is 0 Å². The van der Waals surface area contributed by atoms with Crippen molar-refractivity contribution >= 4 is 121 Å². The lowest BCUT2D eigenvalue weighted by molar-refractivity contribution is 1.42. The molecule has 0 nitrogen and oxygen atoms in total. The topological polar surface area (TPSA) is 0 Å². The summed E-state index contributed by atoms with van der Waals surface area (Å²) in [5, 5.41) is 24.5. The van der Waals surface area contributed by atoms with Gasteiger partial charge in [-0.1, -0.05) is 253 Å². The number of thiol groups is 1. The summed E-state index contributed by atoms with van der Waals surface area (Å²) in [5.74, 6) is 2.81. The lowest BCUT2D eigenvalue weighted by atomic mass is 9.92. The minimum Gasteiger partial charge on any atom is -0.175 e. The summed E-state index contributed by atoms with van der Waals surface area (Å²) in [4.78, 5) is 0. The van der Waals surface area contributed by atoms with Crippen molar-refractivity contribution in [1.29, 1.82) is 0 Å². The van der Waals surface area contributed by atoms with E-state index >= 15 is 0 Å². The number of thioether (sulfide) groups is 1. The molecule has 65 heavy (non-hydrogen) atoms. The highest BCUT2D eigenvalue weighted by Gasteiger charge is 2.14. The van der Waals surface area contributed by atoms with Crippen LogP contribution in [0.4, 0.5) is 0 Å². The van der Waals surface area contributed by atoms with Gasteiger partial charge in [0.15, 0.2) is 0 Å². The first-order valence-electron chi connectivity index (χ1n) is 18.4. The van der Waals surface area contributed by atoms with E-state index in [2.05, 4.69) is 176 Å². The smallest absolute Gasteiger partial charge is 0.0194 e. The van der Waals surface area contributed by atoms with Gasteiger partial charge in [-0.15, -0.1) is 0 Å². The molecule has 12 aromatic carbocycles. The molecule has 2 heteroatoms. The third-order valence-corrected chi connectivity index (χ3v) is 12.9. The molecule has 0 aliphatic heterocycles. The molecule has 0 bridgehead atoms. The molecule has 0 aliphatic carbocycles. The molecule has 12 rings (SSSR count). The van der Waals surface area contributed by atoms with Crippen LogP contribution in [-0.2, 0) is 17.3 Å². The number of rotatable bonds is 5. The van der Waals surface area contributed by atoms with Gasteiger partial charge < -0.3 is 0 Å². The van der Waals surface area contributed by atoms with Crippen LogP contribution in [0.3, 0.4) is 0 Å². The van der Waals surface area contributed by atoms with Gasteiger partial charge in [-0.2, -0.15) is 24.4 Å². The first-order valence-corrected chi connectivity index (χ1v) is 20.2.